The largest absolute Gasteiger partial charge is 0.311 e. The number of rotatable bonds is 5. The van der Waals surface area contributed by atoms with Gasteiger partial charge in [-0.05, 0) is 141 Å². The van der Waals surface area contributed by atoms with Crippen molar-refractivity contribution >= 4 is 99.8 Å². The summed E-state index contributed by atoms with van der Waals surface area (Å²) in [5, 5.41) is 4.06. The lowest BCUT2D eigenvalue weighted by molar-refractivity contribution is 0.589. The first-order chi connectivity index (χ1) is 33.0. The van der Waals surface area contributed by atoms with Gasteiger partial charge in [0.05, 0.1) is 11.2 Å². The molecule has 2 aliphatic heterocycles. The number of hydrogen-bond donors (Lipinski definition) is 0. The minimum absolute atomic E-state index is 0.0173. The summed E-state index contributed by atoms with van der Waals surface area (Å²) in [5.74, 6) is 0. The number of para-hydroxylation sites is 2. The monoisotopic (exact) mass is 913 g/mol. The molecule has 10 aromatic rings. The Labute approximate surface area is 412 Å². The number of aromatic nitrogens is 1. The average Bonchev–Trinajstić information content (AvgIpc) is 3.86. The van der Waals surface area contributed by atoms with Gasteiger partial charge in [0.25, 0.3) is 6.71 Å². The van der Waals surface area contributed by atoms with Crippen LogP contribution < -0.4 is 26.2 Å². The Morgan fingerprint density at radius 3 is 1.75 bits per heavy atom. The van der Waals surface area contributed by atoms with Crippen LogP contribution in [0.5, 0.6) is 0 Å². The van der Waals surface area contributed by atoms with E-state index < -0.39 is 0 Å². The van der Waals surface area contributed by atoms with Gasteiger partial charge >= 0.3 is 0 Å². The van der Waals surface area contributed by atoms with Crippen molar-refractivity contribution in [2.45, 2.75) is 92.4 Å². The molecule has 12 rings (SSSR count). The Morgan fingerprint density at radius 1 is 0.478 bits per heavy atom. The van der Waals surface area contributed by atoms with Crippen molar-refractivity contribution < 1.29 is 0 Å². The van der Waals surface area contributed by atoms with Crippen molar-refractivity contribution in [2.24, 2.45) is 0 Å². The van der Waals surface area contributed by atoms with Crippen molar-refractivity contribution in [1.82, 2.24) is 4.57 Å². The zero-order chi connectivity index (χ0) is 47.9. The lowest BCUT2D eigenvalue weighted by Gasteiger charge is -2.43. The van der Waals surface area contributed by atoms with Crippen molar-refractivity contribution in [3.63, 3.8) is 0 Å². The van der Waals surface area contributed by atoms with Crippen LogP contribution in [-0.4, -0.2) is 11.3 Å². The molecule has 2 aromatic heterocycles. The number of aryl methyl sites for hydroxylation is 2. The lowest BCUT2D eigenvalue weighted by atomic mass is 9.33. The molecule has 2 aliphatic rings. The Morgan fingerprint density at radius 2 is 1.09 bits per heavy atom. The van der Waals surface area contributed by atoms with Crippen LogP contribution in [0.1, 0.15) is 90.1 Å². The van der Waals surface area contributed by atoms with Gasteiger partial charge in [0.2, 0.25) is 0 Å². The Bertz CT molecular complexity index is 3670. The first kappa shape index (κ1) is 43.5. The maximum Gasteiger partial charge on any atom is 0.252 e. The standard InChI is InChI=1S/C64H60BN3S/c1-39-21-15-18-26-51(39)66(52-27-19-16-22-40(52)2)45-30-31-49-54(38-45)67(53-32-29-42(62(3,4)5)33-47(53)41-23-13-12-14-24-41)55-36-44(64(9,10)11)37-56-59(55)65(49)50-35-43(63(6,7)8)34-48-58-46-25-17-20-28-57(46)69-61(58)68(56)60(48)50/h12-38H,1-11H3. The molecular formula is C64H60BN3S. The molecule has 340 valence electrons. The fraction of sp³-hybridized carbons (Fsp3) is 0.219. The van der Waals surface area contributed by atoms with E-state index >= 15 is 0 Å². The van der Waals surface area contributed by atoms with Crippen LogP contribution in [0.4, 0.5) is 34.1 Å². The fourth-order valence-corrected chi connectivity index (χ4v) is 12.6. The van der Waals surface area contributed by atoms with Gasteiger partial charge in [-0.2, -0.15) is 0 Å². The van der Waals surface area contributed by atoms with Crippen molar-refractivity contribution in [3.05, 3.63) is 192 Å². The maximum atomic E-state index is 2.68. The summed E-state index contributed by atoms with van der Waals surface area (Å²) in [4.78, 5) is 6.47. The molecule has 0 saturated heterocycles. The Kier molecular flexibility index (Phi) is 9.66. The summed E-state index contributed by atoms with van der Waals surface area (Å²) in [6, 6.07) is 62.6. The molecular weight excluding hydrogens is 854 g/mol. The van der Waals surface area contributed by atoms with E-state index in [0.717, 1.165) is 5.69 Å². The molecule has 5 heteroatoms. The number of benzene rings is 8. The minimum atomic E-state index is -0.137. The second-order valence-corrected chi connectivity index (χ2v) is 23.8. The molecule has 0 fully saturated rings. The number of anilines is 6. The van der Waals surface area contributed by atoms with E-state index in [1.807, 2.05) is 11.3 Å². The van der Waals surface area contributed by atoms with Gasteiger partial charge in [-0.1, -0.05) is 165 Å². The van der Waals surface area contributed by atoms with Crippen LogP contribution in [0.25, 0.3) is 48.0 Å². The van der Waals surface area contributed by atoms with E-state index in [2.05, 4.69) is 254 Å². The molecule has 0 atom stereocenters. The number of hydrogen-bond acceptors (Lipinski definition) is 3. The van der Waals surface area contributed by atoms with Crippen LogP contribution in [-0.2, 0) is 16.2 Å². The van der Waals surface area contributed by atoms with Gasteiger partial charge in [0.1, 0.15) is 4.83 Å². The minimum Gasteiger partial charge on any atom is -0.311 e. The van der Waals surface area contributed by atoms with Crippen LogP contribution in [0.15, 0.2) is 164 Å². The van der Waals surface area contributed by atoms with Crippen molar-refractivity contribution in [2.75, 3.05) is 9.80 Å². The highest BCUT2D eigenvalue weighted by Gasteiger charge is 2.45. The topological polar surface area (TPSA) is 11.4 Å². The molecule has 0 saturated carbocycles. The van der Waals surface area contributed by atoms with Gasteiger partial charge < -0.3 is 14.4 Å². The number of nitrogens with zero attached hydrogens (tertiary/aromatic N) is 3. The normalized spacial score (nSPS) is 13.4. The van der Waals surface area contributed by atoms with E-state index in [1.54, 1.807) is 0 Å². The second-order valence-electron chi connectivity index (χ2n) is 22.8. The molecule has 0 aliphatic carbocycles. The van der Waals surface area contributed by atoms with Gasteiger partial charge in [-0.3, -0.25) is 0 Å². The van der Waals surface area contributed by atoms with E-state index in [-0.39, 0.29) is 23.0 Å². The molecule has 0 unspecified atom stereocenters. The molecule has 0 amide bonds. The van der Waals surface area contributed by atoms with Crippen LogP contribution in [0, 0.1) is 13.8 Å². The first-order valence-corrected chi connectivity index (χ1v) is 25.5. The van der Waals surface area contributed by atoms with Gasteiger partial charge in [0.15, 0.2) is 0 Å². The molecule has 3 nitrogen and oxygen atoms in total. The molecule has 0 bridgehead atoms. The molecule has 4 heterocycles. The lowest BCUT2D eigenvalue weighted by Crippen LogP contribution is -2.60. The Hall–Kier alpha value is -6.82. The third-order valence-corrected chi connectivity index (χ3v) is 16.2. The van der Waals surface area contributed by atoms with E-state index in [4.69, 9.17) is 0 Å². The molecule has 0 N–H and O–H groups in total. The zero-order valence-electron chi connectivity index (χ0n) is 41.9. The van der Waals surface area contributed by atoms with E-state index in [9.17, 15) is 0 Å². The van der Waals surface area contributed by atoms with Gasteiger partial charge in [-0.25, -0.2) is 0 Å². The fourth-order valence-electron chi connectivity index (χ4n) is 11.3. The summed E-state index contributed by atoms with van der Waals surface area (Å²) in [7, 11) is 0. The highest BCUT2D eigenvalue weighted by atomic mass is 32.1. The van der Waals surface area contributed by atoms with Crippen molar-refractivity contribution in [3.8, 4) is 16.8 Å². The Balaban J connectivity index is 1.26. The first-order valence-electron chi connectivity index (χ1n) is 24.7. The van der Waals surface area contributed by atoms with Gasteiger partial charge in [0, 0.05) is 60.5 Å². The average molecular weight is 914 g/mol. The van der Waals surface area contributed by atoms with Crippen LogP contribution in [0.3, 0.4) is 0 Å². The quantitative estimate of drug-likeness (QED) is 0.159. The summed E-state index contributed by atoms with van der Waals surface area (Å²) < 4.78 is 4.01. The predicted octanol–water partition coefficient (Wildman–Crippen LogP) is 16.3. The SMILES string of the molecule is Cc1ccccc1N(c1ccc2c(c1)N(c1ccc(C(C)(C)C)cc1-c1ccccc1)c1cc(C(C)(C)C)cc3c1B2c1cc(C(C)(C)C)cc2c4c5ccccc5sc4n-3c12)c1ccccc1C. The summed E-state index contributed by atoms with van der Waals surface area (Å²) in [6.45, 7) is 25.7. The van der Waals surface area contributed by atoms with Crippen molar-refractivity contribution in [1.29, 1.82) is 0 Å². The molecule has 8 aromatic carbocycles. The molecule has 0 spiro atoms. The summed E-state index contributed by atoms with van der Waals surface area (Å²) in [5.41, 5.74) is 22.4. The van der Waals surface area contributed by atoms with Gasteiger partial charge in [-0.15, -0.1) is 11.3 Å². The van der Waals surface area contributed by atoms with Crippen LogP contribution in [0.2, 0.25) is 0 Å². The molecule has 69 heavy (non-hydrogen) atoms. The smallest absolute Gasteiger partial charge is 0.252 e. The number of thiophene rings is 1. The maximum absolute atomic E-state index is 2.68. The highest BCUT2D eigenvalue weighted by Crippen LogP contribution is 2.51. The molecule has 0 radical (unpaired) electrons. The van der Waals surface area contributed by atoms with E-state index in [1.165, 1.54) is 121 Å². The summed E-state index contributed by atoms with van der Waals surface area (Å²) in [6.07, 6.45) is 0. The third-order valence-electron chi connectivity index (χ3n) is 15.1. The highest BCUT2D eigenvalue weighted by molar-refractivity contribution is 7.26. The second kappa shape index (κ2) is 15.3. The van der Waals surface area contributed by atoms with E-state index in [0.29, 0.717) is 0 Å². The number of fused-ring (bicyclic) bond motifs is 9. The van der Waals surface area contributed by atoms with Crippen LogP contribution >= 0.6 is 11.3 Å². The predicted molar refractivity (Wildman–Crippen MR) is 301 cm³/mol. The third kappa shape index (κ3) is 6.75. The summed E-state index contributed by atoms with van der Waals surface area (Å²) >= 11 is 1.94. The zero-order valence-corrected chi connectivity index (χ0v) is 42.7.